The molecule has 3 rings (SSSR count). The number of benzene rings is 2. The Kier molecular flexibility index (Phi) is 3.30. The molecular formula is C16H13BrO2. The highest BCUT2D eigenvalue weighted by Crippen LogP contribution is 2.27. The van der Waals surface area contributed by atoms with Crippen molar-refractivity contribution in [3.8, 4) is 5.75 Å². The lowest BCUT2D eigenvalue weighted by Gasteiger charge is -2.05. The maximum absolute atomic E-state index is 5.77. The molecule has 0 aliphatic heterocycles. The largest absolute Gasteiger partial charge is 0.484 e. The third-order valence-electron chi connectivity index (χ3n) is 3.04. The first-order valence-corrected chi connectivity index (χ1v) is 6.89. The van der Waals surface area contributed by atoms with E-state index in [0.717, 1.165) is 27.0 Å². The predicted octanol–water partition coefficient (Wildman–Crippen LogP) is 5.08. The van der Waals surface area contributed by atoms with Gasteiger partial charge in [-0.25, -0.2) is 0 Å². The first-order chi connectivity index (χ1) is 9.24. The molecule has 0 atom stereocenters. The molecule has 0 saturated carbocycles. The Labute approximate surface area is 120 Å². The van der Waals surface area contributed by atoms with Crippen molar-refractivity contribution in [3.05, 3.63) is 64.3 Å². The van der Waals surface area contributed by atoms with E-state index in [1.165, 1.54) is 5.56 Å². The quantitative estimate of drug-likeness (QED) is 0.672. The lowest BCUT2D eigenvalue weighted by atomic mass is 10.1. The summed E-state index contributed by atoms with van der Waals surface area (Å²) >= 11 is 3.46. The Balaban J connectivity index is 1.83. The standard InChI is InChI=1S/C16H13BrO2/c1-11-5-4-8-15-13(11)9-12(19-15)10-18-16-7-3-2-6-14(16)17/h2-9H,10H2,1H3. The number of rotatable bonds is 3. The molecule has 0 bridgehead atoms. The van der Waals surface area contributed by atoms with Crippen molar-refractivity contribution in [2.75, 3.05) is 0 Å². The second-order valence-electron chi connectivity index (χ2n) is 4.42. The summed E-state index contributed by atoms with van der Waals surface area (Å²) in [6, 6.07) is 15.9. The lowest BCUT2D eigenvalue weighted by molar-refractivity contribution is 0.273. The topological polar surface area (TPSA) is 22.4 Å². The summed E-state index contributed by atoms with van der Waals surface area (Å²) in [5, 5.41) is 1.15. The van der Waals surface area contributed by atoms with E-state index >= 15 is 0 Å². The summed E-state index contributed by atoms with van der Waals surface area (Å²) in [6.07, 6.45) is 0. The Morgan fingerprint density at radius 1 is 1.11 bits per heavy atom. The number of para-hydroxylation sites is 1. The average Bonchev–Trinajstić information content (AvgIpc) is 2.82. The number of halogens is 1. The summed E-state index contributed by atoms with van der Waals surface area (Å²) in [5.41, 5.74) is 2.12. The molecule has 0 unspecified atom stereocenters. The smallest absolute Gasteiger partial charge is 0.146 e. The summed E-state index contributed by atoms with van der Waals surface area (Å²) in [6.45, 7) is 2.51. The van der Waals surface area contributed by atoms with Gasteiger partial charge < -0.3 is 9.15 Å². The van der Waals surface area contributed by atoms with Crippen LogP contribution in [0.3, 0.4) is 0 Å². The van der Waals surface area contributed by atoms with Crippen LogP contribution in [0.4, 0.5) is 0 Å². The number of hydrogen-bond donors (Lipinski definition) is 0. The van der Waals surface area contributed by atoms with Gasteiger partial charge in [-0.05, 0) is 52.7 Å². The normalized spacial score (nSPS) is 10.8. The summed E-state index contributed by atoms with van der Waals surface area (Å²) in [5.74, 6) is 1.65. The number of aryl methyl sites for hydroxylation is 1. The van der Waals surface area contributed by atoms with Gasteiger partial charge in [0.25, 0.3) is 0 Å². The Morgan fingerprint density at radius 3 is 2.74 bits per heavy atom. The SMILES string of the molecule is Cc1cccc2oc(COc3ccccc3Br)cc12. The van der Waals surface area contributed by atoms with E-state index in [-0.39, 0.29) is 0 Å². The molecule has 2 nitrogen and oxygen atoms in total. The van der Waals surface area contributed by atoms with Crippen LogP contribution in [-0.4, -0.2) is 0 Å². The highest BCUT2D eigenvalue weighted by Gasteiger charge is 2.07. The van der Waals surface area contributed by atoms with Crippen molar-refractivity contribution < 1.29 is 9.15 Å². The molecule has 1 aromatic heterocycles. The van der Waals surface area contributed by atoms with Crippen LogP contribution in [0, 0.1) is 6.92 Å². The fraction of sp³-hybridized carbons (Fsp3) is 0.125. The second kappa shape index (κ2) is 5.10. The predicted molar refractivity (Wildman–Crippen MR) is 79.4 cm³/mol. The van der Waals surface area contributed by atoms with E-state index in [9.17, 15) is 0 Å². The van der Waals surface area contributed by atoms with Crippen LogP contribution in [0.25, 0.3) is 11.0 Å². The van der Waals surface area contributed by atoms with Crippen molar-refractivity contribution >= 4 is 26.9 Å². The van der Waals surface area contributed by atoms with E-state index in [4.69, 9.17) is 9.15 Å². The van der Waals surface area contributed by atoms with Crippen molar-refractivity contribution in [1.29, 1.82) is 0 Å². The Hall–Kier alpha value is -1.74. The van der Waals surface area contributed by atoms with Crippen molar-refractivity contribution in [2.24, 2.45) is 0 Å². The van der Waals surface area contributed by atoms with E-state index in [2.05, 4.69) is 28.9 Å². The van der Waals surface area contributed by atoms with Crippen LogP contribution in [-0.2, 0) is 6.61 Å². The van der Waals surface area contributed by atoms with E-state index in [1.807, 2.05) is 42.5 Å². The zero-order chi connectivity index (χ0) is 13.2. The molecule has 0 spiro atoms. The van der Waals surface area contributed by atoms with E-state index in [0.29, 0.717) is 6.61 Å². The molecule has 0 radical (unpaired) electrons. The van der Waals surface area contributed by atoms with Gasteiger partial charge in [-0.15, -0.1) is 0 Å². The van der Waals surface area contributed by atoms with Crippen LogP contribution < -0.4 is 4.74 Å². The zero-order valence-corrected chi connectivity index (χ0v) is 12.1. The summed E-state index contributed by atoms with van der Waals surface area (Å²) < 4.78 is 12.5. The van der Waals surface area contributed by atoms with Gasteiger partial charge >= 0.3 is 0 Å². The van der Waals surface area contributed by atoms with Gasteiger partial charge in [-0.3, -0.25) is 0 Å². The molecule has 0 amide bonds. The van der Waals surface area contributed by atoms with Crippen LogP contribution >= 0.6 is 15.9 Å². The minimum atomic E-state index is 0.427. The van der Waals surface area contributed by atoms with Gasteiger partial charge in [0.15, 0.2) is 0 Å². The van der Waals surface area contributed by atoms with E-state index in [1.54, 1.807) is 0 Å². The van der Waals surface area contributed by atoms with Crippen LogP contribution in [0.1, 0.15) is 11.3 Å². The fourth-order valence-electron chi connectivity index (χ4n) is 2.04. The minimum absolute atomic E-state index is 0.427. The molecule has 3 heteroatoms. The van der Waals surface area contributed by atoms with Gasteiger partial charge in [0.05, 0.1) is 4.47 Å². The Bertz CT molecular complexity index is 716. The third kappa shape index (κ3) is 2.51. The number of ether oxygens (including phenoxy) is 1. The molecule has 96 valence electrons. The maximum atomic E-state index is 5.77. The molecule has 0 fully saturated rings. The summed E-state index contributed by atoms with van der Waals surface area (Å²) in [4.78, 5) is 0. The molecule has 0 N–H and O–H groups in total. The van der Waals surface area contributed by atoms with Gasteiger partial charge in [0, 0.05) is 5.39 Å². The number of hydrogen-bond acceptors (Lipinski definition) is 2. The molecule has 0 aliphatic carbocycles. The number of furan rings is 1. The van der Waals surface area contributed by atoms with Crippen molar-refractivity contribution in [3.63, 3.8) is 0 Å². The lowest BCUT2D eigenvalue weighted by Crippen LogP contribution is -1.93. The highest BCUT2D eigenvalue weighted by atomic mass is 79.9. The zero-order valence-electron chi connectivity index (χ0n) is 10.5. The van der Waals surface area contributed by atoms with Gasteiger partial charge in [0.2, 0.25) is 0 Å². The molecule has 0 aliphatic rings. The molecule has 2 aromatic carbocycles. The third-order valence-corrected chi connectivity index (χ3v) is 3.69. The van der Waals surface area contributed by atoms with Crippen molar-refractivity contribution in [2.45, 2.75) is 13.5 Å². The molecule has 1 heterocycles. The molecule has 3 aromatic rings. The monoisotopic (exact) mass is 316 g/mol. The van der Waals surface area contributed by atoms with Gasteiger partial charge in [-0.2, -0.15) is 0 Å². The minimum Gasteiger partial charge on any atom is -0.484 e. The average molecular weight is 317 g/mol. The van der Waals surface area contributed by atoms with Crippen LogP contribution in [0.5, 0.6) is 5.75 Å². The van der Waals surface area contributed by atoms with Crippen LogP contribution in [0.2, 0.25) is 0 Å². The molecule has 19 heavy (non-hydrogen) atoms. The molecule has 0 saturated heterocycles. The van der Waals surface area contributed by atoms with Crippen LogP contribution in [0.15, 0.2) is 57.4 Å². The first kappa shape index (κ1) is 12.3. The second-order valence-corrected chi connectivity index (χ2v) is 5.27. The van der Waals surface area contributed by atoms with Gasteiger partial charge in [-0.1, -0.05) is 24.3 Å². The summed E-state index contributed by atoms with van der Waals surface area (Å²) in [7, 11) is 0. The first-order valence-electron chi connectivity index (χ1n) is 6.09. The molecular weight excluding hydrogens is 304 g/mol. The Morgan fingerprint density at radius 2 is 1.95 bits per heavy atom. The van der Waals surface area contributed by atoms with Crippen molar-refractivity contribution in [1.82, 2.24) is 0 Å². The fourth-order valence-corrected chi connectivity index (χ4v) is 2.44. The number of fused-ring (bicyclic) bond motifs is 1. The maximum Gasteiger partial charge on any atom is 0.146 e. The highest BCUT2D eigenvalue weighted by molar-refractivity contribution is 9.10. The van der Waals surface area contributed by atoms with E-state index < -0.39 is 0 Å². The van der Waals surface area contributed by atoms with Gasteiger partial charge in [0.1, 0.15) is 23.7 Å².